The normalized spacial score (nSPS) is 26.5. The minimum absolute atomic E-state index is 0. The number of terminal acetylenes is 1. The van der Waals surface area contributed by atoms with Crippen LogP contribution in [0.25, 0.3) is 0 Å². The molecule has 2 atom stereocenters. The number of nitrogens with zero attached hydrogens (tertiary/aromatic N) is 3. The van der Waals surface area contributed by atoms with Crippen molar-refractivity contribution in [3.8, 4) is 12.3 Å². The van der Waals surface area contributed by atoms with Gasteiger partial charge in [-0.25, -0.2) is 9.80 Å². The summed E-state index contributed by atoms with van der Waals surface area (Å²) in [6.07, 6.45) is 9.69. The second-order valence-electron chi connectivity index (χ2n) is 9.22. The Hall–Kier alpha value is -1.08. The standard InChI is InChI=1S/C18H14PS.C9H15N3P.Au/c20-19(16-10-4-1-5-11-16,17-12-6-2-7-13-17)18-14-8-3-9-15-18;1-2-3-12-5-10-4-11(6-12)8-13(7-10)9-12;/h1-14H;1H,3-9H2;/q-1;2*+1/p+1. The Balaban J connectivity index is 0.000000169. The molecule has 0 amide bonds. The second-order valence-corrected chi connectivity index (χ2v) is 16.0. The summed E-state index contributed by atoms with van der Waals surface area (Å²) in [6.45, 7) is 4.59. The van der Waals surface area contributed by atoms with Gasteiger partial charge < -0.3 is 0 Å². The Labute approximate surface area is 226 Å². The molecule has 0 aromatic heterocycles. The van der Waals surface area contributed by atoms with Crippen molar-refractivity contribution in [2.24, 2.45) is 0 Å². The van der Waals surface area contributed by atoms with Gasteiger partial charge in [0.15, 0.2) is 6.29 Å². The van der Waals surface area contributed by atoms with Crippen LogP contribution in [0, 0.1) is 18.4 Å². The third-order valence-corrected chi connectivity index (χ3v) is 14.3. The minimum Gasteiger partial charge on any atom is -0.258 e. The summed E-state index contributed by atoms with van der Waals surface area (Å²) < 4.78 is 1.19. The predicted molar refractivity (Wildman–Crippen MR) is 147 cm³/mol. The molecule has 4 fully saturated rings. The van der Waals surface area contributed by atoms with Crippen LogP contribution in [0.4, 0.5) is 0 Å². The summed E-state index contributed by atoms with van der Waals surface area (Å²) in [6, 6.07) is 30.2. The van der Waals surface area contributed by atoms with Gasteiger partial charge in [-0.2, -0.15) is 30.3 Å². The van der Waals surface area contributed by atoms with Gasteiger partial charge in [0, 0.05) is 6.04 Å². The van der Waals surface area contributed by atoms with Crippen molar-refractivity contribution in [2.75, 3.05) is 45.4 Å². The Morgan fingerprint density at radius 3 is 1.94 bits per heavy atom. The molecule has 4 heterocycles. The molecular weight excluding hydrogens is 657 g/mol. The zero-order chi connectivity index (χ0) is 22.7. The largest absolute Gasteiger partial charge is 1.00 e. The van der Waals surface area contributed by atoms with Crippen LogP contribution in [0.2, 0.25) is 0 Å². The summed E-state index contributed by atoms with van der Waals surface area (Å²) in [5, 5.41) is 3.54. The van der Waals surface area contributed by atoms with Crippen molar-refractivity contribution in [3.63, 3.8) is 0 Å². The first kappa shape index (κ1) is 26.0. The molecular formula is C27H30AuN3P2S+2. The number of quaternary nitrogens is 1. The first-order valence-corrected chi connectivity index (χ1v) is 16.3. The van der Waals surface area contributed by atoms with E-state index < -0.39 is 6.04 Å². The van der Waals surface area contributed by atoms with Crippen molar-refractivity contribution in [2.45, 2.75) is 0 Å². The smallest absolute Gasteiger partial charge is 0.258 e. The third kappa shape index (κ3) is 5.35. The van der Waals surface area contributed by atoms with E-state index in [0.29, 0.717) is 0 Å². The maximum absolute atomic E-state index is 6.18. The topological polar surface area (TPSA) is 6.48 Å². The predicted octanol–water partition coefficient (Wildman–Crippen LogP) is 3.28. The molecule has 0 spiro atoms. The molecule has 7 rings (SSSR count). The van der Waals surface area contributed by atoms with Crippen molar-refractivity contribution in [1.29, 1.82) is 0 Å². The van der Waals surface area contributed by atoms with Crippen LogP contribution < -0.4 is 15.9 Å². The quantitative estimate of drug-likeness (QED) is 0.137. The molecule has 3 aromatic rings. The summed E-state index contributed by atoms with van der Waals surface area (Å²) in [5.41, 5.74) is 0. The molecule has 3 nitrogen and oxygen atoms in total. The molecule has 4 aliphatic heterocycles. The van der Waals surface area contributed by atoms with Crippen LogP contribution in [0.15, 0.2) is 84.9 Å². The van der Waals surface area contributed by atoms with Crippen LogP contribution in [-0.2, 0) is 34.2 Å². The maximum Gasteiger partial charge on any atom is 1.00 e. The van der Waals surface area contributed by atoms with Gasteiger partial charge in [0.05, 0.1) is 14.6 Å². The van der Waals surface area contributed by atoms with E-state index >= 15 is 0 Å². The van der Waals surface area contributed by atoms with Crippen LogP contribution in [0.1, 0.15) is 0 Å². The molecule has 3 aromatic carbocycles. The molecule has 4 aliphatic rings. The van der Waals surface area contributed by atoms with E-state index in [1.54, 1.807) is 0 Å². The van der Waals surface area contributed by atoms with Gasteiger partial charge in [-0.05, 0) is 16.5 Å². The Morgan fingerprint density at radius 2 is 1.47 bits per heavy atom. The van der Waals surface area contributed by atoms with Gasteiger partial charge in [-0.3, -0.25) is 4.48 Å². The van der Waals surface area contributed by atoms with E-state index in [9.17, 15) is 0 Å². The van der Waals surface area contributed by atoms with Gasteiger partial charge in [0.1, 0.15) is 32.5 Å². The van der Waals surface area contributed by atoms with E-state index in [-0.39, 0.29) is 30.3 Å². The van der Waals surface area contributed by atoms with Gasteiger partial charge in [0.25, 0.3) is 0 Å². The van der Waals surface area contributed by atoms with E-state index in [4.69, 9.17) is 18.2 Å². The second kappa shape index (κ2) is 11.3. The fourth-order valence-corrected chi connectivity index (χ4v) is 12.3. The molecule has 178 valence electrons. The summed E-state index contributed by atoms with van der Waals surface area (Å²) in [5.74, 6) is 2.86. The minimum atomic E-state index is -2.00. The Kier molecular flexibility index (Phi) is 8.66. The van der Waals surface area contributed by atoms with Gasteiger partial charge in [0.2, 0.25) is 0 Å². The average Bonchev–Trinajstić information content (AvgIpc) is 2.85. The van der Waals surface area contributed by atoms with Crippen molar-refractivity contribution < 1.29 is 26.9 Å². The molecule has 4 saturated heterocycles. The molecule has 4 bridgehead atoms. The number of rotatable bonds is 4. The van der Waals surface area contributed by atoms with Crippen molar-refractivity contribution in [1.82, 2.24) is 9.80 Å². The maximum atomic E-state index is 6.18. The van der Waals surface area contributed by atoms with E-state index in [1.165, 1.54) is 54.0 Å². The first-order valence-electron chi connectivity index (χ1n) is 11.4. The summed E-state index contributed by atoms with van der Waals surface area (Å²) in [4.78, 5) is 5.20. The fourth-order valence-electron chi connectivity index (χ4n) is 5.45. The molecule has 34 heavy (non-hydrogen) atoms. The monoisotopic (exact) mass is 687 g/mol. The Morgan fingerprint density at radius 1 is 0.912 bits per heavy atom. The zero-order valence-corrected chi connectivity index (χ0v) is 24.0. The molecule has 0 saturated carbocycles. The van der Waals surface area contributed by atoms with E-state index in [0.717, 1.165) is 11.8 Å². The molecule has 2 unspecified atom stereocenters. The number of hydrogen-bond donors (Lipinski definition) is 0. The van der Waals surface area contributed by atoms with Crippen LogP contribution >= 0.6 is 14.0 Å². The first-order chi connectivity index (χ1) is 16.1. The van der Waals surface area contributed by atoms with Gasteiger partial charge >= 0.3 is 22.4 Å². The summed E-state index contributed by atoms with van der Waals surface area (Å²) in [7, 11) is -0.0990. The van der Waals surface area contributed by atoms with Gasteiger partial charge in [-0.1, -0.05) is 72.5 Å². The number of hydrogen-bond acceptors (Lipinski definition) is 3. The van der Waals surface area contributed by atoms with E-state index in [1.807, 2.05) is 30.3 Å². The van der Waals surface area contributed by atoms with Crippen LogP contribution in [0.3, 0.4) is 0 Å². The Bertz CT molecular complexity index is 1030. The van der Waals surface area contributed by atoms with E-state index in [2.05, 4.69) is 76.4 Å². The average molecular weight is 688 g/mol. The molecule has 0 aliphatic carbocycles. The zero-order valence-electron chi connectivity index (χ0n) is 19.1. The van der Waals surface area contributed by atoms with Crippen LogP contribution in [-0.4, -0.2) is 59.7 Å². The summed E-state index contributed by atoms with van der Waals surface area (Å²) >= 11 is 6.18. The SMILES string of the molecule is C#CC[N+]12CN3CN(C[PH+](C3)C1)C2.S=P(c1[c-]cccc1)(c1ccccc1)c1ccccc1.[Au+]. The van der Waals surface area contributed by atoms with Crippen molar-refractivity contribution >= 4 is 41.7 Å². The number of benzene rings is 3. The van der Waals surface area contributed by atoms with Gasteiger partial charge in [-0.15, -0.1) is 11.7 Å². The van der Waals surface area contributed by atoms with Crippen molar-refractivity contribution in [3.05, 3.63) is 91.0 Å². The van der Waals surface area contributed by atoms with Crippen LogP contribution in [0.5, 0.6) is 0 Å². The third-order valence-electron chi connectivity index (χ3n) is 6.55. The molecule has 0 N–H and O–H groups in total. The fraction of sp³-hybridized carbons (Fsp3) is 0.259. The molecule has 7 heteroatoms. The molecule has 0 radical (unpaired) electrons.